The van der Waals surface area contributed by atoms with E-state index in [1.807, 2.05) is 76.2 Å². The molecule has 0 aliphatic rings. The molecule has 0 radical (unpaired) electrons. The second-order valence-corrected chi connectivity index (χ2v) is 10.8. The highest BCUT2D eigenvalue weighted by Gasteiger charge is 2.28. The van der Waals surface area contributed by atoms with Gasteiger partial charge in [0.2, 0.25) is 0 Å². The molecule has 0 spiro atoms. The van der Waals surface area contributed by atoms with E-state index in [4.69, 9.17) is 0 Å². The lowest BCUT2D eigenvalue weighted by atomic mass is 10.1. The zero-order valence-electron chi connectivity index (χ0n) is 21.3. The first-order chi connectivity index (χ1) is 17.7. The number of nitrogens with zero attached hydrogens (tertiary/aromatic N) is 3. The SMILES string of the molecule is Cc1ccc(N(CC(=O)N/N=C\c2cc(C)n(-c3ccccc3)c2C)S(=O)(=O)c2ccccc2)c(C)c1. The van der Waals surface area contributed by atoms with Gasteiger partial charge >= 0.3 is 0 Å². The van der Waals surface area contributed by atoms with Crippen LogP contribution in [0.25, 0.3) is 5.69 Å². The van der Waals surface area contributed by atoms with Crippen molar-refractivity contribution in [2.45, 2.75) is 32.6 Å². The fourth-order valence-corrected chi connectivity index (χ4v) is 5.84. The fourth-order valence-electron chi connectivity index (χ4n) is 4.34. The molecule has 0 atom stereocenters. The van der Waals surface area contributed by atoms with Gasteiger partial charge in [0.1, 0.15) is 6.54 Å². The van der Waals surface area contributed by atoms with Crippen molar-refractivity contribution in [3.63, 3.8) is 0 Å². The maximum atomic E-state index is 13.5. The van der Waals surface area contributed by atoms with Gasteiger partial charge in [-0.15, -0.1) is 0 Å². The molecule has 0 aliphatic heterocycles. The predicted octanol–water partition coefficient (Wildman–Crippen LogP) is 5.06. The Morgan fingerprint density at radius 3 is 2.22 bits per heavy atom. The molecule has 0 aliphatic carbocycles. The van der Waals surface area contributed by atoms with Gasteiger partial charge in [-0.3, -0.25) is 9.10 Å². The van der Waals surface area contributed by atoms with Crippen molar-refractivity contribution in [1.82, 2.24) is 9.99 Å². The van der Waals surface area contributed by atoms with Crippen LogP contribution in [0, 0.1) is 27.7 Å². The van der Waals surface area contributed by atoms with Crippen LogP contribution < -0.4 is 9.73 Å². The number of hydrogen-bond acceptors (Lipinski definition) is 4. The minimum atomic E-state index is -3.98. The van der Waals surface area contributed by atoms with Crippen LogP contribution in [-0.4, -0.2) is 31.7 Å². The number of carbonyl (C=O) groups is 1. The maximum absolute atomic E-state index is 13.5. The average molecular weight is 515 g/mol. The van der Waals surface area contributed by atoms with E-state index >= 15 is 0 Å². The summed E-state index contributed by atoms with van der Waals surface area (Å²) in [6.07, 6.45) is 1.58. The van der Waals surface area contributed by atoms with Crippen molar-refractivity contribution in [2.75, 3.05) is 10.8 Å². The number of carbonyl (C=O) groups excluding carboxylic acids is 1. The Labute approximate surface area is 218 Å². The van der Waals surface area contributed by atoms with Crippen LogP contribution in [0.5, 0.6) is 0 Å². The van der Waals surface area contributed by atoms with Crippen molar-refractivity contribution in [3.8, 4) is 5.69 Å². The molecule has 1 aromatic heterocycles. The summed E-state index contributed by atoms with van der Waals surface area (Å²) in [4.78, 5) is 13.0. The normalized spacial score (nSPS) is 11.6. The minimum absolute atomic E-state index is 0.111. The first-order valence-electron chi connectivity index (χ1n) is 11.9. The van der Waals surface area contributed by atoms with Gasteiger partial charge in [0, 0.05) is 22.6 Å². The van der Waals surface area contributed by atoms with Gasteiger partial charge in [-0.2, -0.15) is 5.10 Å². The van der Waals surface area contributed by atoms with Crippen LogP contribution in [0.3, 0.4) is 0 Å². The molecule has 190 valence electrons. The van der Waals surface area contributed by atoms with E-state index in [9.17, 15) is 13.2 Å². The Bertz CT molecular complexity index is 1540. The van der Waals surface area contributed by atoms with Gasteiger partial charge in [-0.25, -0.2) is 13.8 Å². The third-order valence-corrected chi connectivity index (χ3v) is 7.89. The van der Waals surface area contributed by atoms with Gasteiger partial charge in [0.25, 0.3) is 15.9 Å². The lowest BCUT2D eigenvalue weighted by molar-refractivity contribution is -0.119. The molecule has 4 rings (SSSR count). The Hall–Kier alpha value is -4.17. The summed E-state index contributed by atoms with van der Waals surface area (Å²) in [5, 5.41) is 4.13. The van der Waals surface area contributed by atoms with Gasteiger partial charge in [0.15, 0.2) is 0 Å². The molecule has 0 saturated heterocycles. The van der Waals surface area contributed by atoms with E-state index < -0.39 is 22.5 Å². The zero-order valence-corrected chi connectivity index (χ0v) is 22.2. The molecule has 37 heavy (non-hydrogen) atoms. The average Bonchev–Trinajstić information content (AvgIpc) is 3.16. The van der Waals surface area contributed by atoms with E-state index in [1.54, 1.807) is 30.5 Å². The smallest absolute Gasteiger partial charge is 0.264 e. The molecule has 7 nitrogen and oxygen atoms in total. The Morgan fingerprint density at radius 1 is 0.919 bits per heavy atom. The van der Waals surface area contributed by atoms with Crippen molar-refractivity contribution < 1.29 is 13.2 Å². The lowest BCUT2D eigenvalue weighted by Gasteiger charge is -2.25. The molecule has 0 unspecified atom stereocenters. The number of benzene rings is 3. The van der Waals surface area contributed by atoms with Crippen LogP contribution in [0.15, 0.2) is 94.9 Å². The first kappa shape index (κ1) is 25.9. The third kappa shape index (κ3) is 5.65. The first-order valence-corrected chi connectivity index (χ1v) is 13.3. The second kappa shape index (κ2) is 10.8. The summed E-state index contributed by atoms with van der Waals surface area (Å²) in [5.41, 5.74) is 8.60. The lowest BCUT2D eigenvalue weighted by Crippen LogP contribution is -2.40. The highest BCUT2D eigenvalue weighted by atomic mass is 32.2. The van der Waals surface area contributed by atoms with E-state index in [0.717, 1.165) is 38.1 Å². The number of sulfonamides is 1. The number of hydrogen-bond donors (Lipinski definition) is 1. The van der Waals surface area contributed by atoms with Crippen molar-refractivity contribution in [2.24, 2.45) is 5.10 Å². The van der Waals surface area contributed by atoms with E-state index in [0.29, 0.717) is 5.69 Å². The van der Waals surface area contributed by atoms with Crippen molar-refractivity contribution >= 4 is 27.8 Å². The quantitative estimate of drug-likeness (QED) is 0.264. The zero-order chi connectivity index (χ0) is 26.6. The molecular formula is C29H30N4O3S. The van der Waals surface area contributed by atoms with E-state index in [-0.39, 0.29) is 4.90 Å². The van der Waals surface area contributed by atoms with Crippen LogP contribution >= 0.6 is 0 Å². The molecule has 0 fully saturated rings. The maximum Gasteiger partial charge on any atom is 0.264 e. The summed E-state index contributed by atoms with van der Waals surface area (Å²) in [6, 6.07) is 25.5. The highest BCUT2D eigenvalue weighted by molar-refractivity contribution is 7.92. The van der Waals surface area contributed by atoms with Crippen molar-refractivity contribution in [3.05, 3.63) is 113 Å². The molecule has 3 aromatic carbocycles. The van der Waals surface area contributed by atoms with Crippen LogP contribution in [0.1, 0.15) is 28.1 Å². The number of aromatic nitrogens is 1. The Kier molecular flexibility index (Phi) is 7.59. The second-order valence-electron chi connectivity index (χ2n) is 8.91. The van der Waals surface area contributed by atoms with Gasteiger partial charge in [0.05, 0.1) is 16.8 Å². The molecule has 1 heterocycles. The summed E-state index contributed by atoms with van der Waals surface area (Å²) in [5.74, 6) is -0.549. The van der Waals surface area contributed by atoms with Crippen LogP contribution in [0.2, 0.25) is 0 Å². The van der Waals surface area contributed by atoms with Crippen molar-refractivity contribution in [1.29, 1.82) is 0 Å². The highest BCUT2D eigenvalue weighted by Crippen LogP contribution is 2.27. The number of hydrazone groups is 1. The number of aryl methyl sites for hydroxylation is 3. The van der Waals surface area contributed by atoms with E-state index in [1.165, 1.54) is 12.1 Å². The number of rotatable bonds is 8. The number of nitrogens with one attached hydrogen (secondary N) is 1. The summed E-state index contributed by atoms with van der Waals surface area (Å²) >= 11 is 0. The number of anilines is 1. The van der Waals surface area contributed by atoms with Crippen LogP contribution in [-0.2, 0) is 14.8 Å². The molecule has 4 aromatic rings. The monoisotopic (exact) mass is 514 g/mol. The minimum Gasteiger partial charge on any atom is -0.318 e. The number of amides is 1. The standard InChI is InChI=1S/C29H30N4O3S/c1-21-15-16-28(22(2)17-21)32(37(35,36)27-13-9-6-10-14-27)20-29(34)31-30-19-25-18-23(3)33(24(25)4)26-11-7-5-8-12-26/h5-19H,20H2,1-4H3,(H,31,34)/b30-19-. The molecular weight excluding hydrogens is 484 g/mol. The van der Waals surface area contributed by atoms with Crippen LogP contribution in [0.4, 0.5) is 5.69 Å². The molecule has 1 amide bonds. The Morgan fingerprint density at radius 2 is 1.57 bits per heavy atom. The van der Waals surface area contributed by atoms with Gasteiger partial charge < -0.3 is 4.57 Å². The summed E-state index contributed by atoms with van der Waals surface area (Å²) < 4.78 is 30.3. The largest absolute Gasteiger partial charge is 0.318 e. The fraction of sp³-hybridized carbons (Fsp3) is 0.172. The molecule has 0 saturated carbocycles. The number of para-hydroxylation sites is 1. The molecule has 8 heteroatoms. The van der Waals surface area contributed by atoms with Gasteiger partial charge in [-0.1, -0.05) is 54.1 Å². The molecule has 0 bridgehead atoms. The summed E-state index contributed by atoms with van der Waals surface area (Å²) in [6.45, 7) is 7.34. The third-order valence-electron chi connectivity index (χ3n) is 6.12. The Balaban J connectivity index is 1.57. The summed E-state index contributed by atoms with van der Waals surface area (Å²) in [7, 11) is -3.98. The predicted molar refractivity (Wildman–Crippen MR) is 148 cm³/mol. The topological polar surface area (TPSA) is 83.8 Å². The van der Waals surface area contributed by atoms with Gasteiger partial charge in [-0.05, 0) is 69.7 Å². The molecule has 1 N–H and O–H groups in total. The van der Waals surface area contributed by atoms with E-state index in [2.05, 4.69) is 15.1 Å².